The van der Waals surface area contributed by atoms with Crippen molar-refractivity contribution >= 4 is 11.8 Å². The van der Waals surface area contributed by atoms with E-state index < -0.39 is 17.2 Å². The number of likely N-dealkylation sites (tertiary alicyclic amines) is 1. The van der Waals surface area contributed by atoms with E-state index in [1.54, 1.807) is 4.90 Å². The van der Waals surface area contributed by atoms with E-state index in [4.69, 9.17) is 4.74 Å². The molecule has 1 atom stereocenters. The number of carbonyl (C=O) groups is 1. The number of piperidine rings is 1. The van der Waals surface area contributed by atoms with E-state index in [1.165, 1.54) is 12.1 Å². The second-order valence-corrected chi connectivity index (χ2v) is 6.81. The highest BCUT2D eigenvalue weighted by atomic mass is 19.2. The predicted octanol–water partition coefficient (Wildman–Crippen LogP) is 4.17. The quantitative estimate of drug-likeness (QED) is 0.906. The van der Waals surface area contributed by atoms with E-state index in [0.29, 0.717) is 13.1 Å². The molecule has 1 amide bonds. The van der Waals surface area contributed by atoms with Gasteiger partial charge in [0.2, 0.25) is 0 Å². The van der Waals surface area contributed by atoms with Crippen molar-refractivity contribution in [1.29, 1.82) is 0 Å². The van der Waals surface area contributed by atoms with Crippen LogP contribution in [0.4, 0.5) is 19.3 Å². The minimum Gasteiger partial charge on any atom is -0.444 e. The van der Waals surface area contributed by atoms with Crippen molar-refractivity contribution in [2.45, 2.75) is 51.7 Å². The van der Waals surface area contributed by atoms with E-state index in [0.717, 1.165) is 25.3 Å². The molecule has 0 bridgehead atoms. The first-order chi connectivity index (χ1) is 10.8. The fraction of sp³-hybridized carbons (Fsp3) is 0.588. The molecule has 128 valence electrons. The molecule has 1 aromatic rings. The van der Waals surface area contributed by atoms with E-state index in [-0.39, 0.29) is 17.8 Å². The van der Waals surface area contributed by atoms with Gasteiger partial charge >= 0.3 is 6.09 Å². The van der Waals surface area contributed by atoms with E-state index in [9.17, 15) is 13.6 Å². The molecule has 1 unspecified atom stereocenters. The lowest BCUT2D eigenvalue weighted by molar-refractivity contribution is 0.0114. The Morgan fingerprint density at radius 3 is 2.78 bits per heavy atom. The van der Waals surface area contributed by atoms with Crippen LogP contribution in [0.15, 0.2) is 18.2 Å². The average molecular weight is 326 g/mol. The Bertz CT molecular complexity index is 558. The zero-order valence-corrected chi connectivity index (χ0v) is 13.9. The zero-order valence-electron chi connectivity index (χ0n) is 13.9. The van der Waals surface area contributed by atoms with Gasteiger partial charge in [0.25, 0.3) is 0 Å². The van der Waals surface area contributed by atoms with Crippen LogP contribution in [0, 0.1) is 11.6 Å². The van der Waals surface area contributed by atoms with Gasteiger partial charge in [-0.25, -0.2) is 13.6 Å². The molecule has 1 fully saturated rings. The smallest absolute Gasteiger partial charge is 0.410 e. The number of benzene rings is 1. The normalized spacial score (nSPS) is 18.7. The van der Waals surface area contributed by atoms with Crippen molar-refractivity contribution in [3.05, 3.63) is 29.8 Å². The van der Waals surface area contributed by atoms with Crippen molar-refractivity contribution < 1.29 is 18.3 Å². The Balaban J connectivity index is 2.01. The summed E-state index contributed by atoms with van der Waals surface area (Å²) in [6.45, 7) is 6.45. The molecule has 0 spiro atoms. The molecule has 1 aromatic carbocycles. The lowest BCUT2D eigenvalue weighted by atomic mass is 10.0. The lowest BCUT2D eigenvalue weighted by Crippen LogP contribution is -2.48. The first-order valence-corrected chi connectivity index (χ1v) is 7.95. The van der Waals surface area contributed by atoms with E-state index >= 15 is 0 Å². The summed E-state index contributed by atoms with van der Waals surface area (Å²) < 4.78 is 32.4. The van der Waals surface area contributed by atoms with Crippen LogP contribution in [-0.2, 0) is 4.74 Å². The van der Waals surface area contributed by atoms with Crippen LogP contribution in [0.5, 0.6) is 0 Å². The maximum atomic E-state index is 13.7. The second kappa shape index (κ2) is 7.15. The molecule has 1 N–H and O–H groups in total. The first-order valence-electron chi connectivity index (χ1n) is 7.95. The molecule has 0 saturated carbocycles. The van der Waals surface area contributed by atoms with Gasteiger partial charge in [-0.05, 0) is 52.2 Å². The fourth-order valence-electron chi connectivity index (χ4n) is 2.64. The van der Waals surface area contributed by atoms with Gasteiger partial charge in [-0.1, -0.05) is 6.07 Å². The van der Waals surface area contributed by atoms with Crippen molar-refractivity contribution in [2.24, 2.45) is 0 Å². The van der Waals surface area contributed by atoms with E-state index in [1.807, 2.05) is 20.8 Å². The van der Waals surface area contributed by atoms with Gasteiger partial charge < -0.3 is 15.0 Å². The van der Waals surface area contributed by atoms with Gasteiger partial charge in [0, 0.05) is 13.1 Å². The highest BCUT2D eigenvalue weighted by molar-refractivity contribution is 5.68. The Morgan fingerprint density at radius 2 is 2.09 bits per heavy atom. The summed E-state index contributed by atoms with van der Waals surface area (Å²) in [6, 6.07) is 3.92. The molecular formula is C17H24F2N2O2. The zero-order chi connectivity index (χ0) is 17.0. The minimum absolute atomic E-state index is 0.0960. The number of halogens is 2. The molecule has 0 radical (unpaired) electrons. The number of nitrogens with zero attached hydrogens (tertiary/aromatic N) is 1. The van der Waals surface area contributed by atoms with Gasteiger partial charge in [0.1, 0.15) is 5.60 Å². The second-order valence-electron chi connectivity index (χ2n) is 6.81. The van der Waals surface area contributed by atoms with Gasteiger partial charge in [0.05, 0.1) is 11.7 Å². The summed E-state index contributed by atoms with van der Waals surface area (Å²) in [5.41, 5.74) is -0.444. The summed E-state index contributed by atoms with van der Waals surface area (Å²) in [4.78, 5) is 14.0. The maximum absolute atomic E-state index is 13.7. The minimum atomic E-state index is -0.896. The fourth-order valence-corrected chi connectivity index (χ4v) is 2.64. The van der Waals surface area contributed by atoms with Gasteiger partial charge in [0.15, 0.2) is 11.6 Å². The number of nitrogens with one attached hydrogen (secondary N) is 1. The van der Waals surface area contributed by atoms with Crippen LogP contribution < -0.4 is 5.32 Å². The number of carbonyl (C=O) groups excluding carboxylic acids is 1. The molecule has 1 saturated heterocycles. The highest BCUT2D eigenvalue weighted by Gasteiger charge is 2.30. The third-order valence-electron chi connectivity index (χ3n) is 3.73. The van der Waals surface area contributed by atoms with E-state index in [2.05, 4.69) is 5.32 Å². The topological polar surface area (TPSA) is 41.6 Å². The summed E-state index contributed by atoms with van der Waals surface area (Å²) in [7, 11) is 0. The molecule has 23 heavy (non-hydrogen) atoms. The molecule has 1 aliphatic rings. The maximum Gasteiger partial charge on any atom is 0.410 e. The van der Waals surface area contributed by atoms with Crippen LogP contribution in [0.25, 0.3) is 0 Å². The van der Waals surface area contributed by atoms with Crippen molar-refractivity contribution in [1.82, 2.24) is 4.90 Å². The number of amides is 1. The van der Waals surface area contributed by atoms with Crippen molar-refractivity contribution in [2.75, 3.05) is 18.4 Å². The van der Waals surface area contributed by atoms with Crippen LogP contribution in [-0.4, -0.2) is 35.7 Å². The number of hydrogen-bond acceptors (Lipinski definition) is 3. The summed E-state index contributed by atoms with van der Waals surface area (Å²) >= 11 is 0. The Labute approximate surface area is 135 Å². The predicted molar refractivity (Wildman–Crippen MR) is 85.4 cm³/mol. The van der Waals surface area contributed by atoms with Crippen LogP contribution in [0.3, 0.4) is 0 Å². The van der Waals surface area contributed by atoms with Crippen LogP contribution >= 0.6 is 0 Å². The first kappa shape index (κ1) is 17.5. The van der Waals surface area contributed by atoms with Crippen LogP contribution in [0.2, 0.25) is 0 Å². The molecule has 6 heteroatoms. The summed E-state index contributed by atoms with van der Waals surface area (Å²) in [5.74, 6) is -1.78. The number of hydrogen-bond donors (Lipinski definition) is 1. The third-order valence-corrected chi connectivity index (χ3v) is 3.73. The molecule has 1 aliphatic heterocycles. The monoisotopic (exact) mass is 326 g/mol. The molecule has 1 heterocycles. The molecule has 0 aromatic heterocycles. The lowest BCUT2D eigenvalue weighted by Gasteiger charge is -2.37. The summed E-state index contributed by atoms with van der Waals surface area (Å²) in [5, 5.41) is 2.91. The average Bonchev–Trinajstić information content (AvgIpc) is 2.47. The summed E-state index contributed by atoms with van der Waals surface area (Å²) in [6.07, 6.45) is 2.37. The van der Waals surface area contributed by atoms with Crippen molar-refractivity contribution in [3.63, 3.8) is 0 Å². The largest absolute Gasteiger partial charge is 0.444 e. The van der Waals surface area contributed by atoms with Crippen molar-refractivity contribution in [3.8, 4) is 0 Å². The number of rotatable bonds is 3. The highest BCUT2D eigenvalue weighted by Crippen LogP contribution is 2.22. The Hall–Kier alpha value is -1.85. The Kier molecular flexibility index (Phi) is 5.44. The van der Waals surface area contributed by atoms with Gasteiger partial charge in [-0.2, -0.15) is 0 Å². The number of ether oxygens (including phenoxy) is 1. The standard InChI is InChI=1S/C17H24F2N2O2/c1-17(2,3)23-16(22)21-10-5-4-7-12(21)11-20-14-9-6-8-13(18)15(14)19/h6,8-9,12,20H,4-5,7,10-11H2,1-3H3. The third kappa shape index (κ3) is 4.81. The van der Waals surface area contributed by atoms with Crippen LogP contribution in [0.1, 0.15) is 40.0 Å². The molecule has 2 rings (SSSR count). The molecule has 0 aliphatic carbocycles. The molecule has 4 nitrogen and oxygen atoms in total. The SMILES string of the molecule is CC(C)(C)OC(=O)N1CCCCC1CNc1cccc(F)c1F. The van der Waals surface area contributed by atoms with Gasteiger partial charge in [-0.15, -0.1) is 0 Å². The number of anilines is 1. The Morgan fingerprint density at radius 1 is 1.35 bits per heavy atom. The van der Waals surface area contributed by atoms with Gasteiger partial charge in [-0.3, -0.25) is 0 Å². The molecular weight excluding hydrogens is 302 g/mol.